The lowest BCUT2D eigenvalue weighted by Gasteiger charge is -2.08. The third-order valence-electron chi connectivity index (χ3n) is 3.24. The Balaban J connectivity index is 1.82. The number of esters is 1. The number of ether oxygens (including phenoxy) is 2. The summed E-state index contributed by atoms with van der Waals surface area (Å²) in [6, 6.07) is 6.87. The fourth-order valence-corrected chi connectivity index (χ4v) is 2.64. The Morgan fingerprint density at radius 2 is 1.96 bits per heavy atom. The largest absolute Gasteiger partial charge is 0.494 e. The lowest BCUT2D eigenvalue weighted by molar-refractivity contribution is -0.114. The van der Waals surface area contributed by atoms with Crippen LogP contribution in [0.4, 0.5) is 5.13 Å². The van der Waals surface area contributed by atoms with E-state index in [9.17, 15) is 9.59 Å². The van der Waals surface area contributed by atoms with Crippen LogP contribution in [0.15, 0.2) is 29.6 Å². The van der Waals surface area contributed by atoms with Crippen molar-refractivity contribution in [3.05, 3.63) is 40.9 Å². The van der Waals surface area contributed by atoms with Crippen LogP contribution in [-0.2, 0) is 16.1 Å². The van der Waals surface area contributed by atoms with Crippen molar-refractivity contribution in [2.45, 2.75) is 33.8 Å². The summed E-state index contributed by atoms with van der Waals surface area (Å²) < 4.78 is 10.9. The first kappa shape index (κ1) is 18.9. The Hall–Kier alpha value is -2.41. The van der Waals surface area contributed by atoms with Crippen LogP contribution in [0.3, 0.4) is 0 Å². The van der Waals surface area contributed by atoms with Gasteiger partial charge in [0.15, 0.2) is 5.13 Å². The summed E-state index contributed by atoms with van der Waals surface area (Å²) >= 11 is 1.29. The van der Waals surface area contributed by atoms with Crippen LogP contribution in [0, 0.1) is 5.92 Å². The van der Waals surface area contributed by atoms with Crippen molar-refractivity contribution in [1.82, 2.24) is 4.98 Å². The molecule has 1 aromatic heterocycles. The Kier molecular flexibility index (Phi) is 6.94. The maximum Gasteiger partial charge on any atom is 0.338 e. The molecule has 0 spiro atoms. The zero-order valence-electron chi connectivity index (χ0n) is 14.6. The minimum absolute atomic E-state index is 0.0571. The van der Waals surface area contributed by atoms with E-state index in [0.29, 0.717) is 28.9 Å². The van der Waals surface area contributed by atoms with Crippen molar-refractivity contribution in [2.75, 3.05) is 11.9 Å². The van der Waals surface area contributed by atoms with E-state index in [1.807, 2.05) is 0 Å². The summed E-state index contributed by atoms with van der Waals surface area (Å²) in [5, 5.41) is 4.82. The number of hydrogen-bond acceptors (Lipinski definition) is 6. The van der Waals surface area contributed by atoms with Crippen molar-refractivity contribution >= 4 is 28.3 Å². The van der Waals surface area contributed by atoms with Crippen molar-refractivity contribution in [1.29, 1.82) is 0 Å². The van der Waals surface area contributed by atoms with E-state index in [1.54, 1.807) is 29.6 Å². The molecule has 0 saturated carbocycles. The Bertz CT molecular complexity index is 710. The molecule has 1 N–H and O–H groups in total. The topological polar surface area (TPSA) is 77.5 Å². The smallest absolute Gasteiger partial charge is 0.338 e. The second-order valence-electron chi connectivity index (χ2n) is 5.96. The lowest BCUT2D eigenvalue weighted by Crippen LogP contribution is -2.07. The van der Waals surface area contributed by atoms with Crippen LogP contribution in [-0.4, -0.2) is 23.5 Å². The van der Waals surface area contributed by atoms with Crippen LogP contribution in [0.1, 0.15) is 43.2 Å². The maximum atomic E-state index is 12.1. The quantitative estimate of drug-likeness (QED) is 0.721. The van der Waals surface area contributed by atoms with E-state index in [4.69, 9.17) is 9.47 Å². The molecule has 0 radical (unpaired) electrons. The molecule has 2 rings (SSSR count). The number of rotatable bonds is 8. The molecule has 1 aromatic carbocycles. The third kappa shape index (κ3) is 6.54. The number of aromatic nitrogens is 1. The summed E-state index contributed by atoms with van der Waals surface area (Å²) in [6.45, 7) is 6.41. The van der Waals surface area contributed by atoms with Gasteiger partial charge in [-0.1, -0.05) is 13.8 Å². The van der Waals surface area contributed by atoms with Gasteiger partial charge < -0.3 is 14.8 Å². The number of benzene rings is 1. The second kappa shape index (κ2) is 9.17. The zero-order valence-corrected chi connectivity index (χ0v) is 15.4. The standard InChI is InChI=1S/C18H22N2O4S/c1-12(2)8-9-23-16-6-4-14(5-7-16)17(22)24-10-15-11-25-18(20-15)19-13(3)21/h4-7,11-12H,8-10H2,1-3H3,(H,19,20,21). The van der Waals surface area contributed by atoms with Crippen LogP contribution >= 0.6 is 11.3 Å². The highest BCUT2D eigenvalue weighted by molar-refractivity contribution is 7.13. The third-order valence-corrected chi connectivity index (χ3v) is 4.05. The van der Waals surface area contributed by atoms with Gasteiger partial charge in [-0.25, -0.2) is 9.78 Å². The number of amides is 1. The van der Waals surface area contributed by atoms with Gasteiger partial charge >= 0.3 is 5.97 Å². The normalized spacial score (nSPS) is 10.6. The van der Waals surface area contributed by atoms with Crippen LogP contribution in [0.2, 0.25) is 0 Å². The summed E-state index contributed by atoms with van der Waals surface area (Å²) in [6.07, 6.45) is 0.984. The van der Waals surface area contributed by atoms with Crippen LogP contribution in [0.25, 0.3) is 0 Å². The highest BCUT2D eigenvalue weighted by Gasteiger charge is 2.10. The molecule has 25 heavy (non-hydrogen) atoms. The number of hydrogen-bond donors (Lipinski definition) is 1. The molecule has 0 atom stereocenters. The van der Waals surface area contributed by atoms with Gasteiger partial charge in [0.25, 0.3) is 0 Å². The summed E-state index contributed by atoms with van der Waals surface area (Å²) in [5.41, 5.74) is 1.05. The van der Waals surface area contributed by atoms with Gasteiger partial charge in [0, 0.05) is 12.3 Å². The number of nitrogens with one attached hydrogen (secondary N) is 1. The van der Waals surface area contributed by atoms with E-state index in [-0.39, 0.29) is 12.5 Å². The van der Waals surface area contributed by atoms with Gasteiger partial charge in [0.2, 0.25) is 5.91 Å². The first-order chi connectivity index (χ1) is 11.9. The monoisotopic (exact) mass is 362 g/mol. The van der Waals surface area contributed by atoms with Gasteiger partial charge in [-0.05, 0) is 36.6 Å². The molecule has 0 bridgehead atoms. The number of anilines is 1. The second-order valence-corrected chi connectivity index (χ2v) is 6.81. The molecule has 0 unspecified atom stereocenters. The number of nitrogens with zero attached hydrogens (tertiary/aromatic N) is 1. The summed E-state index contributed by atoms with van der Waals surface area (Å²) in [5.74, 6) is 0.708. The molecular weight excluding hydrogens is 340 g/mol. The number of thiazole rings is 1. The predicted molar refractivity (Wildman–Crippen MR) is 96.9 cm³/mol. The Morgan fingerprint density at radius 3 is 2.60 bits per heavy atom. The predicted octanol–water partition coefficient (Wildman–Crippen LogP) is 3.88. The maximum absolute atomic E-state index is 12.1. The van der Waals surface area contributed by atoms with E-state index < -0.39 is 5.97 Å². The minimum Gasteiger partial charge on any atom is -0.494 e. The molecule has 7 heteroatoms. The van der Waals surface area contributed by atoms with Gasteiger partial charge in [-0.2, -0.15) is 0 Å². The van der Waals surface area contributed by atoms with Gasteiger partial charge in [-0.3, -0.25) is 4.79 Å². The molecule has 134 valence electrons. The van der Waals surface area contributed by atoms with Crippen molar-refractivity contribution in [3.8, 4) is 5.75 Å². The van der Waals surface area contributed by atoms with Gasteiger partial charge in [0.05, 0.1) is 17.9 Å². The molecule has 6 nitrogen and oxygen atoms in total. The van der Waals surface area contributed by atoms with Crippen molar-refractivity contribution < 1.29 is 19.1 Å². The summed E-state index contributed by atoms with van der Waals surface area (Å²) in [7, 11) is 0. The molecule has 2 aromatic rings. The van der Waals surface area contributed by atoms with E-state index in [0.717, 1.165) is 12.2 Å². The SMILES string of the molecule is CC(=O)Nc1nc(COC(=O)c2ccc(OCCC(C)C)cc2)cs1. The summed E-state index contributed by atoms with van der Waals surface area (Å²) in [4.78, 5) is 27.2. The average Bonchev–Trinajstić information content (AvgIpc) is 2.99. The number of carbonyl (C=O) groups is 2. The molecule has 0 aliphatic heterocycles. The fraction of sp³-hybridized carbons (Fsp3) is 0.389. The van der Waals surface area contributed by atoms with Gasteiger partial charge in [0.1, 0.15) is 12.4 Å². The van der Waals surface area contributed by atoms with Crippen LogP contribution < -0.4 is 10.1 Å². The first-order valence-electron chi connectivity index (χ1n) is 8.06. The van der Waals surface area contributed by atoms with Crippen molar-refractivity contribution in [2.24, 2.45) is 5.92 Å². The zero-order chi connectivity index (χ0) is 18.2. The van der Waals surface area contributed by atoms with Crippen molar-refractivity contribution in [3.63, 3.8) is 0 Å². The van der Waals surface area contributed by atoms with E-state index >= 15 is 0 Å². The molecule has 0 saturated heterocycles. The molecule has 1 amide bonds. The highest BCUT2D eigenvalue weighted by atomic mass is 32.1. The van der Waals surface area contributed by atoms with Crippen LogP contribution in [0.5, 0.6) is 5.75 Å². The molecule has 0 aliphatic carbocycles. The number of carbonyl (C=O) groups excluding carboxylic acids is 2. The minimum atomic E-state index is -0.428. The lowest BCUT2D eigenvalue weighted by atomic mass is 10.1. The highest BCUT2D eigenvalue weighted by Crippen LogP contribution is 2.17. The van der Waals surface area contributed by atoms with E-state index in [1.165, 1.54) is 18.3 Å². The Labute approximate surface area is 151 Å². The Morgan fingerprint density at radius 1 is 1.24 bits per heavy atom. The average molecular weight is 362 g/mol. The molecule has 0 fully saturated rings. The molecule has 0 aliphatic rings. The fourth-order valence-electron chi connectivity index (χ4n) is 1.90. The molecular formula is C18H22N2O4S. The first-order valence-corrected chi connectivity index (χ1v) is 8.94. The molecule has 1 heterocycles. The van der Waals surface area contributed by atoms with E-state index in [2.05, 4.69) is 24.1 Å². The van der Waals surface area contributed by atoms with Gasteiger partial charge in [-0.15, -0.1) is 11.3 Å².